The van der Waals surface area contributed by atoms with Gasteiger partial charge in [0.15, 0.2) is 5.78 Å². The summed E-state index contributed by atoms with van der Waals surface area (Å²) in [4.78, 5) is 12.4. The zero-order valence-corrected chi connectivity index (χ0v) is 14.6. The lowest BCUT2D eigenvalue weighted by Crippen LogP contribution is -2.23. The number of hydrogen-bond acceptors (Lipinski definition) is 1. The van der Waals surface area contributed by atoms with Gasteiger partial charge in [-0.3, -0.25) is 4.79 Å². The van der Waals surface area contributed by atoms with Crippen LogP contribution in [0.2, 0.25) is 0 Å². The summed E-state index contributed by atoms with van der Waals surface area (Å²) in [6.45, 7) is 9.83. The Morgan fingerprint density at radius 2 is 1.61 bits per heavy atom. The Morgan fingerprint density at radius 3 is 2.22 bits per heavy atom. The van der Waals surface area contributed by atoms with E-state index in [1.165, 1.54) is 6.07 Å². The first-order valence-electron chi connectivity index (χ1n) is 8.00. The van der Waals surface area contributed by atoms with E-state index < -0.39 is 5.41 Å². The maximum atomic E-state index is 14.1. The number of carbonyl (C=O) groups is 1. The Labute approximate surface area is 138 Å². The fraction of sp³-hybridized carbons (Fsp3) is 0.381. The Morgan fingerprint density at radius 1 is 0.957 bits per heavy atom. The van der Waals surface area contributed by atoms with Crippen LogP contribution < -0.4 is 0 Å². The van der Waals surface area contributed by atoms with Crippen molar-refractivity contribution in [2.24, 2.45) is 5.41 Å². The van der Waals surface area contributed by atoms with Crippen LogP contribution in [-0.2, 0) is 11.8 Å². The standard InChI is InChI=1S/C21H25FO/c1-20(2,3)19(23)16-10-8-9-15(13-16)14-21(4,5)17-11-6-7-12-18(17)22/h6-13H,14H2,1-5H3. The van der Waals surface area contributed by atoms with E-state index in [4.69, 9.17) is 0 Å². The van der Waals surface area contributed by atoms with Crippen molar-refractivity contribution in [3.8, 4) is 0 Å². The Kier molecular flexibility index (Phi) is 4.74. The SMILES string of the molecule is CC(C)(C)C(=O)c1cccc(CC(C)(C)c2ccccc2F)c1. The number of halogens is 1. The predicted octanol–water partition coefficient (Wildman–Crippen LogP) is 5.57. The van der Waals surface area contributed by atoms with Crippen LogP contribution in [0.5, 0.6) is 0 Å². The molecule has 0 radical (unpaired) electrons. The van der Waals surface area contributed by atoms with Gasteiger partial charge in [0.25, 0.3) is 0 Å². The molecule has 0 fully saturated rings. The van der Waals surface area contributed by atoms with Gasteiger partial charge < -0.3 is 0 Å². The molecular formula is C21H25FO. The molecular weight excluding hydrogens is 287 g/mol. The van der Waals surface area contributed by atoms with Crippen molar-refractivity contribution >= 4 is 5.78 Å². The largest absolute Gasteiger partial charge is 0.294 e. The molecule has 0 saturated heterocycles. The van der Waals surface area contributed by atoms with E-state index in [2.05, 4.69) is 0 Å². The molecule has 0 N–H and O–H groups in total. The molecule has 2 aromatic rings. The molecule has 0 heterocycles. The van der Waals surface area contributed by atoms with E-state index in [0.29, 0.717) is 12.0 Å². The first-order valence-corrected chi connectivity index (χ1v) is 8.00. The van der Waals surface area contributed by atoms with Crippen molar-refractivity contribution < 1.29 is 9.18 Å². The van der Waals surface area contributed by atoms with Crippen LogP contribution in [-0.4, -0.2) is 5.78 Å². The molecule has 2 rings (SSSR count). The summed E-state index contributed by atoms with van der Waals surface area (Å²) in [6, 6.07) is 14.6. The minimum Gasteiger partial charge on any atom is -0.294 e. The minimum absolute atomic E-state index is 0.128. The molecule has 2 aromatic carbocycles. The lowest BCUT2D eigenvalue weighted by molar-refractivity contribution is 0.0858. The van der Waals surface area contributed by atoms with E-state index >= 15 is 0 Å². The summed E-state index contributed by atoms with van der Waals surface area (Å²) >= 11 is 0. The van der Waals surface area contributed by atoms with Crippen LogP contribution in [0.1, 0.15) is 56.1 Å². The molecule has 1 nitrogen and oxygen atoms in total. The number of hydrogen-bond donors (Lipinski definition) is 0. The third-order valence-electron chi connectivity index (χ3n) is 4.12. The summed E-state index contributed by atoms with van der Waals surface area (Å²) in [5.41, 5.74) is 1.73. The van der Waals surface area contributed by atoms with Gasteiger partial charge in [-0.15, -0.1) is 0 Å². The van der Waals surface area contributed by atoms with Crippen molar-refractivity contribution in [1.82, 2.24) is 0 Å². The normalized spacial score (nSPS) is 12.3. The van der Waals surface area contributed by atoms with Gasteiger partial charge in [-0.1, -0.05) is 71.0 Å². The number of benzene rings is 2. The molecule has 0 aromatic heterocycles. The zero-order chi connectivity index (χ0) is 17.3. The van der Waals surface area contributed by atoms with E-state index in [1.54, 1.807) is 6.07 Å². The molecule has 0 aliphatic heterocycles. The van der Waals surface area contributed by atoms with E-state index in [1.807, 2.05) is 71.0 Å². The van der Waals surface area contributed by atoms with Crippen molar-refractivity contribution in [3.63, 3.8) is 0 Å². The molecule has 0 aliphatic rings. The van der Waals surface area contributed by atoms with E-state index in [-0.39, 0.29) is 17.0 Å². The molecule has 0 spiro atoms. The van der Waals surface area contributed by atoms with Gasteiger partial charge in [-0.2, -0.15) is 0 Å². The predicted molar refractivity (Wildman–Crippen MR) is 93.4 cm³/mol. The Hall–Kier alpha value is -1.96. The van der Waals surface area contributed by atoms with Gasteiger partial charge >= 0.3 is 0 Å². The number of Topliss-reactive ketones (excluding diaryl/α,β-unsaturated/α-hetero) is 1. The highest BCUT2D eigenvalue weighted by Gasteiger charge is 2.26. The lowest BCUT2D eigenvalue weighted by Gasteiger charge is -2.26. The van der Waals surface area contributed by atoms with Crippen molar-refractivity contribution in [1.29, 1.82) is 0 Å². The zero-order valence-electron chi connectivity index (χ0n) is 14.6. The molecule has 0 amide bonds. The Bertz CT molecular complexity index is 708. The smallest absolute Gasteiger partial charge is 0.168 e. The summed E-state index contributed by atoms with van der Waals surface area (Å²) in [5.74, 6) is -0.0533. The highest BCUT2D eigenvalue weighted by Crippen LogP contribution is 2.30. The first-order chi connectivity index (χ1) is 10.6. The molecule has 0 bridgehead atoms. The van der Waals surface area contributed by atoms with E-state index in [0.717, 1.165) is 11.1 Å². The topological polar surface area (TPSA) is 17.1 Å². The molecule has 122 valence electrons. The fourth-order valence-corrected chi connectivity index (χ4v) is 2.87. The van der Waals surface area contributed by atoms with Crippen LogP contribution in [0.3, 0.4) is 0 Å². The third kappa shape index (κ3) is 4.07. The van der Waals surface area contributed by atoms with Crippen LogP contribution in [0.4, 0.5) is 4.39 Å². The Balaban J connectivity index is 2.30. The number of rotatable bonds is 4. The summed E-state index contributed by atoms with van der Waals surface area (Å²) in [7, 11) is 0. The molecule has 23 heavy (non-hydrogen) atoms. The van der Waals surface area contributed by atoms with Gasteiger partial charge in [0.1, 0.15) is 5.82 Å². The number of ketones is 1. The van der Waals surface area contributed by atoms with Crippen LogP contribution in [0, 0.1) is 11.2 Å². The first kappa shape index (κ1) is 17.4. The van der Waals surface area contributed by atoms with Gasteiger partial charge in [0.05, 0.1) is 0 Å². The molecule has 2 heteroatoms. The minimum atomic E-state index is -0.403. The summed E-state index contributed by atoms with van der Waals surface area (Å²) in [5, 5.41) is 0. The van der Waals surface area contributed by atoms with Crippen molar-refractivity contribution in [2.45, 2.75) is 46.5 Å². The maximum Gasteiger partial charge on any atom is 0.168 e. The second-order valence-corrected chi connectivity index (χ2v) is 7.82. The summed E-state index contributed by atoms with van der Waals surface area (Å²) in [6.07, 6.45) is 0.680. The fourth-order valence-electron chi connectivity index (χ4n) is 2.87. The van der Waals surface area contributed by atoms with Crippen LogP contribution in [0.15, 0.2) is 48.5 Å². The highest BCUT2D eigenvalue weighted by atomic mass is 19.1. The van der Waals surface area contributed by atoms with Crippen molar-refractivity contribution in [2.75, 3.05) is 0 Å². The average molecular weight is 312 g/mol. The summed E-state index contributed by atoms with van der Waals surface area (Å²) < 4.78 is 14.1. The van der Waals surface area contributed by atoms with Gasteiger partial charge in [-0.05, 0) is 35.1 Å². The second-order valence-electron chi connectivity index (χ2n) is 7.82. The quantitative estimate of drug-likeness (QED) is 0.674. The second kappa shape index (κ2) is 6.27. The molecule has 0 saturated carbocycles. The molecule has 0 atom stereocenters. The highest BCUT2D eigenvalue weighted by molar-refractivity contribution is 5.99. The average Bonchev–Trinajstić information content (AvgIpc) is 2.45. The third-order valence-corrected chi connectivity index (χ3v) is 4.12. The van der Waals surface area contributed by atoms with Crippen LogP contribution in [0.25, 0.3) is 0 Å². The van der Waals surface area contributed by atoms with Crippen molar-refractivity contribution in [3.05, 3.63) is 71.0 Å². The monoisotopic (exact) mass is 312 g/mol. The van der Waals surface area contributed by atoms with E-state index in [9.17, 15) is 9.18 Å². The van der Waals surface area contributed by atoms with Gasteiger partial charge in [0.2, 0.25) is 0 Å². The molecule has 0 unspecified atom stereocenters. The maximum absolute atomic E-state index is 14.1. The van der Waals surface area contributed by atoms with Gasteiger partial charge in [-0.25, -0.2) is 4.39 Å². The lowest BCUT2D eigenvalue weighted by atomic mass is 9.78. The van der Waals surface area contributed by atoms with Gasteiger partial charge in [0, 0.05) is 11.0 Å². The number of carbonyl (C=O) groups excluding carboxylic acids is 1. The molecule has 0 aliphatic carbocycles. The van der Waals surface area contributed by atoms with Crippen LogP contribution >= 0.6 is 0 Å².